The molecule has 3 nitrogen and oxygen atoms in total. The number of likely N-dealkylation sites (tertiary alicyclic amines) is 1. The largest absolute Gasteiger partial charge is 0.325 e. The Balaban J connectivity index is 2.07. The first-order valence-corrected chi connectivity index (χ1v) is 8.11. The van der Waals surface area contributed by atoms with Gasteiger partial charge >= 0.3 is 0 Å². The Kier molecular flexibility index (Phi) is 5.04. The molecule has 1 aliphatic heterocycles. The van der Waals surface area contributed by atoms with Crippen molar-refractivity contribution in [2.75, 3.05) is 18.4 Å². The van der Waals surface area contributed by atoms with E-state index in [1.165, 1.54) is 23.3 Å². The lowest BCUT2D eigenvalue weighted by Crippen LogP contribution is -3.17. The number of anilines is 1. The van der Waals surface area contributed by atoms with Gasteiger partial charge in [-0.2, -0.15) is 0 Å². The molecule has 1 aromatic carbocycles. The van der Waals surface area contributed by atoms with E-state index in [4.69, 9.17) is 0 Å². The second kappa shape index (κ2) is 6.61. The van der Waals surface area contributed by atoms with Crippen LogP contribution in [-0.2, 0) is 4.79 Å². The van der Waals surface area contributed by atoms with Gasteiger partial charge in [0.05, 0.1) is 13.1 Å². The van der Waals surface area contributed by atoms with Gasteiger partial charge in [0.25, 0.3) is 5.91 Å². The minimum atomic E-state index is 0.0212. The average Bonchev–Trinajstić information content (AvgIpc) is 2.41. The predicted molar refractivity (Wildman–Crippen MR) is 87.8 cm³/mol. The molecule has 1 aromatic rings. The molecule has 0 saturated carbocycles. The number of hydrogen-bond acceptors (Lipinski definition) is 1. The third-order valence-electron chi connectivity index (χ3n) is 4.74. The molecule has 21 heavy (non-hydrogen) atoms. The number of hydrogen-bond donors (Lipinski definition) is 2. The summed E-state index contributed by atoms with van der Waals surface area (Å²) in [5.41, 5.74) is 4.53. The van der Waals surface area contributed by atoms with E-state index in [9.17, 15) is 4.79 Å². The summed E-state index contributed by atoms with van der Waals surface area (Å²) in [5, 5.41) is 3.16. The van der Waals surface area contributed by atoms with Gasteiger partial charge in [-0.25, -0.2) is 0 Å². The summed E-state index contributed by atoms with van der Waals surface area (Å²) in [6.07, 6.45) is 2.53. The zero-order valence-electron chi connectivity index (χ0n) is 14.0. The molecule has 1 amide bonds. The summed E-state index contributed by atoms with van der Waals surface area (Å²) in [4.78, 5) is 14.0. The molecule has 1 unspecified atom stereocenters. The fraction of sp³-hybridized carbons (Fsp3) is 0.611. The summed E-state index contributed by atoms with van der Waals surface area (Å²) < 4.78 is 0. The highest BCUT2D eigenvalue weighted by Gasteiger charge is 2.29. The van der Waals surface area contributed by atoms with Crippen molar-refractivity contribution in [2.24, 2.45) is 5.92 Å². The van der Waals surface area contributed by atoms with Crippen molar-refractivity contribution in [3.63, 3.8) is 0 Å². The fourth-order valence-electron chi connectivity index (χ4n) is 3.52. The third kappa shape index (κ3) is 3.85. The second-order valence-corrected chi connectivity index (χ2v) is 6.84. The highest BCUT2D eigenvalue weighted by Crippen LogP contribution is 2.22. The van der Waals surface area contributed by atoms with E-state index >= 15 is 0 Å². The van der Waals surface area contributed by atoms with E-state index in [1.54, 1.807) is 0 Å². The van der Waals surface area contributed by atoms with E-state index in [0.29, 0.717) is 0 Å². The maximum absolute atomic E-state index is 12.6. The topological polar surface area (TPSA) is 33.5 Å². The number of nitrogens with one attached hydrogen (secondary N) is 2. The summed E-state index contributed by atoms with van der Waals surface area (Å²) in [6, 6.07) is 4.28. The van der Waals surface area contributed by atoms with E-state index in [1.807, 2.05) is 0 Å². The van der Waals surface area contributed by atoms with Gasteiger partial charge in [-0.1, -0.05) is 24.6 Å². The molecule has 0 radical (unpaired) electrons. The number of amides is 1. The van der Waals surface area contributed by atoms with Crippen molar-refractivity contribution in [2.45, 2.75) is 53.5 Å². The second-order valence-electron chi connectivity index (χ2n) is 6.84. The zero-order valence-corrected chi connectivity index (χ0v) is 14.0. The molecule has 2 rings (SSSR count). The van der Waals surface area contributed by atoms with E-state index in [-0.39, 0.29) is 11.9 Å². The molecule has 116 valence electrons. The van der Waals surface area contributed by atoms with E-state index in [2.05, 4.69) is 52.1 Å². The molecule has 1 saturated heterocycles. The quantitative estimate of drug-likeness (QED) is 0.879. The highest BCUT2D eigenvalue weighted by molar-refractivity contribution is 5.95. The summed E-state index contributed by atoms with van der Waals surface area (Å²) in [5.74, 6) is 0.876. The van der Waals surface area contributed by atoms with Crippen LogP contribution in [0.3, 0.4) is 0 Å². The molecular formula is C18H29N2O+. The lowest BCUT2D eigenvalue weighted by molar-refractivity contribution is -0.922. The van der Waals surface area contributed by atoms with Crippen molar-refractivity contribution < 1.29 is 9.69 Å². The van der Waals surface area contributed by atoms with Crippen LogP contribution in [0.1, 0.15) is 43.4 Å². The van der Waals surface area contributed by atoms with Crippen molar-refractivity contribution in [3.8, 4) is 0 Å². The van der Waals surface area contributed by atoms with Gasteiger partial charge in [0.1, 0.15) is 0 Å². The zero-order chi connectivity index (χ0) is 15.6. The molecule has 1 heterocycles. The van der Waals surface area contributed by atoms with Gasteiger partial charge in [-0.15, -0.1) is 0 Å². The molecule has 1 aliphatic rings. The van der Waals surface area contributed by atoms with Gasteiger partial charge in [-0.3, -0.25) is 4.79 Å². The Hall–Kier alpha value is -1.35. The smallest absolute Gasteiger partial charge is 0.282 e. The Labute approximate surface area is 128 Å². The van der Waals surface area contributed by atoms with Crippen LogP contribution in [0, 0.1) is 26.7 Å². The summed E-state index contributed by atoms with van der Waals surface area (Å²) in [6.45, 7) is 12.8. The molecular weight excluding hydrogens is 260 g/mol. The van der Waals surface area contributed by atoms with Crippen molar-refractivity contribution in [3.05, 3.63) is 28.8 Å². The molecule has 3 heteroatoms. The van der Waals surface area contributed by atoms with Crippen LogP contribution in [0.25, 0.3) is 0 Å². The van der Waals surface area contributed by atoms with E-state index in [0.717, 1.165) is 35.8 Å². The van der Waals surface area contributed by atoms with Gasteiger partial charge in [0.2, 0.25) is 0 Å². The maximum Gasteiger partial charge on any atom is 0.282 e. The lowest BCUT2D eigenvalue weighted by Gasteiger charge is -2.32. The van der Waals surface area contributed by atoms with Gasteiger partial charge in [-0.05, 0) is 51.7 Å². The molecule has 0 spiro atoms. The number of carbonyl (C=O) groups is 1. The van der Waals surface area contributed by atoms with Crippen LogP contribution >= 0.6 is 0 Å². The Morgan fingerprint density at radius 2 is 1.90 bits per heavy atom. The van der Waals surface area contributed by atoms with Crippen LogP contribution < -0.4 is 10.2 Å². The first-order chi connectivity index (χ1) is 9.88. The Morgan fingerprint density at radius 1 is 1.29 bits per heavy atom. The maximum atomic E-state index is 12.6. The molecule has 0 aromatic heterocycles. The number of carbonyl (C=O) groups excluding carboxylic acids is 1. The van der Waals surface area contributed by atoms with Crippen molar-refractivity contribution in [1.82, 2.24) is 0 Å². The minimum absolute atomic E-state index is 0.0212. The van der Waals surface area contributed by atoms with Crippen molar-refractivity contribution >= 4 is 11.6 Å². The monoisotopic (exact) mass is 289 g/mol. The standard InChI is InChI=1S/C18H28N2O/c1-12-7-6-8-20(11-12)16(5)18(21)19-17-14(3)9-13(2)10-15(17)4/h9-10,12,16H,6-8,11H2,1-5H3,(H,19,21)/p+1/t12-,16+/m0/s1. The van der Waals surface area contributed by atoms with Gasteiger partial charge in [0, 0.05) is 11.6 Å². The van der Waals surface area contributed by atoms with Crippen LogP contribution in [0.5, 0.6) is 0 Å². The molecule has 1 fully saturated rings. The number of rotatable bonds is 3. The third-order valence-corrected chi connectivity index (χ3v) is 4.74. The molecule has 0 aliphatic carbocycles. The molecule has 3 atom stereocenters. The number of aryl methyl sites for hydroxylation is 3. The predicted octanol–water partition coefficient (Wildman–Crippen LogP) is 2.25. The highest BCUT2D eigenvalue weighted by atomic mass is 16.2. The fourth-order valence-corrected chi connectivity index (χ4v) is 3.52. The SMILES string of the molecule is Cc1cc(C)c(NC(=O)[C@@H](C)[NH+]2CCC[C@H](C)C2)c(C)c1. The lowest BCUT2D eigenvalue weighted by atomic mass is 9.98. The first-order valence-electron chi connectivity index (χ1n) is 8.11. The molecule has 2 N–H and O–H groups in total. The van der Waals surface area contributed by atoms with Crippen LogP contribution in [0.15, 0.2) is 12.1 Å². The Bertz CT molecular complexity index is 501. The first kappa shape index (κ1) is 16.0. The van der Waals surface area contributed by atoms with Crippen LogP contribution in [0.4, 0.5) is 5.69 Å². The van der Waals surface area contributed by atoms with Crippen LogP contribution in [0.2, 0.25) is 0 Å². The normalized spacial score (nSPS) is 23.7. The van der Waals surface area contributed by atoms with Crippen LogP contribution in [-0.4, -0.2) is 25.0 Å². The Morgan fingerprint density at radius 3 is 2.48 bits per heavy atom. The average molecular weight is 289 g/mol. The summed E-state index contributed by atoms with van der Waals surface area (Å²) in [7, 11) is 0. The molecule has 0 bridgehead atoms. The minimum Gasteiger partial charge on any atom is -0.325 e. The van der Waals surface area contributed by atoms with Gasteiger partial charge < -0.3 is 10.2 Å². The van der Waals surface area contributed by atoms with E-state index < -0.39 is 0 Å². The number of benzene rings is 1. The van der Waals surface area contributed by atoms with Crippen molar-refractivity contribution in [1.29, 1.82) is 0 Å². The number of piperidine rings is 1. The van der Waals surface area contributed by atoms with Gasteiger partial charge in [0.15, 0.2) is 6.04 Å². The number of quaternary nitrogens is 1. The summed E-state index contributed by atoms with van der Waals surface area (Å²) >= 11 is 0.